The topological polar surface area (TPSA) is 29.3 Å². The molecule has 0 radical (unpaired) electrons. The summed E-state index contributed by atoms with van der Waals surface area (Å²) in [5.41, 5.74) is 5.63. The van der Waals surface area contributed by atoms with Crippen molar-refractivity contribution in [3.05, 3.63) is 24.0 Å². The Morgan fingerprint density at radius 3 is 2.56 bits per heavy atom. The smallest absolute Gasteiger partial charge is 0.147 e. The summed E-state index contributed by atoms with van der Waals surface area (Å²) in [7, 11) is 0. The molecule has 0 heterocycles. The van der Waals surface area contributed by atoms with Crippen molar-refractivity contribution in [2.24, 2.45) is 0 Å². The molecule has 2 N–H and O–H groups in total. The van der Waals surface area contributed by atoms with Gasteiger partial charge in [0.2, 0.25) is 0 Å². The Morgan fingerprint density at radius 1 is 1.31 bits per heavy atom. The van der Waals surface area contributed by atoms with E-state index in [0.29, 0.717) is 0 Å². The van der Waals surface area contributed by atoms with Crippen molar-refractivity contribution < 1.29 is 4.39 Å². The highest BCUT2D eigenvalue weighted by Crippen LogP contribution is 2.21. The van der Waals surface area contributed by atoms with Crippen LogP contribution in [0, 0.1) is 5.82 Å². The maximum Gasteiger partial charge on any atom is 0.147 e. The minimum Gasteiger partial charge on any atom is -0.396 e. The van der Waals surface area contributed by atoms with Crippen LogP contribution in [0.3, 0.4) is 0 Å². The maximum atomic E-state index is 13.1. The van der Waals surface area contributed by atoms with Crippen LogP contribution < -0.4 is 5.73 Å². The lowest BCUT2D eigenvalue weighted by Crippen LogP contribution is -2.25. The quantitative estimate of drug-likeness (QED) is 0.614. The van der Waals surface area contributed by atoms with Crippen LogP contribution in [0.5, 0.6) is 0 Å². The van der Waals surface area contributed by atoms with Gasteiger partial charge in [0.05, 0.1) is 5.69 Å². The molecule has 1 aromatic carbocycles. The lowest BCUT2D eigenvalue weighted by Gasteiger charge is -2.17. The van der Waals surface area contributed by atoms with Crippen molar-refractivity contribution >= 4 is 17.4 Å². The van der Waals surface area contributed by atoms with Crippen molar-refractivity contribution in [1.82, 2.24) is 4.90 Å². The summed E-state index contributed by atoms with van der Waals surface area (Å²) in [5.74, 6) is 0.651. The van der Waals surface area contributed by atoms with Gasteiger partial charge in [-0.1, -0.05) is 13.8 Å². The Morgan fingerprint density at radius 2 is 2.00 bits per heavy atom. The van der Waals surface area contributed by atoms with E-state index in [2.05, 4.69) is 18.7 Å². The van der Waals surface area contributed by atoms with Crippen LogP contribution in [0.1, 0.15) is 13.8 Å². The van der Waals surface area contributed by atoms with E-state index in [1.54, 1.807) is 17.8 Å². The van der Waals surface area contributed by atoms with Crippen LogP contribution in [0.15, 0.2) is 23.1 Å². The molecule has 4 heteroatoms. The van der Waals surface area contributed by atoms with E-state index in [9.17, 15) is 4.39 Å². The van der Waals surface area contributed by atoms with Crippen molar-refractivity contribution in [2.75, 3.05) is 31.1 Å². The third-order valence-corrected chi connectivity index (χ3v) is 3.52. The Hall–Kier alpha value is -0.740. The first-order valence-corrected chi connectivity index (χ1v) is 6.56. The van der Waals surface area contributed by atoms with Gasteiger partial charge in [-0.2, -0.15) is 0 Å². The molecule has 0 atom stereocenters. The normalized spacial score (nSPS) is 11.0. The highest BCUT2D eigenvalue weighted by molar-refractivity contribution is 7.99. The zero-order valence-electron chi connectivity index (χ0n) is 9.87. The van der Waals surface area contributed by atoms with E-state index in [0.717, 1.165) is 30.3 Å². The monoisotopic (exact) mass is 242 g/mol. The summed E-state index contributed by atoms with van der Waals surface area (Å²) < 4.78 is 13.1. The zero-order chi connectivity index (χ0) is 12.0. The number of nitrogen functional groups attached to an aromatic ring is 1. The second-order valence-electron chi connectivity index (χ2n) is 3.56. The van der Waals surface area contributed by atoms with E-state index in [-0.39, 0.29) is 11.5 Å². The van der Waals surface area contributed by atoms with Crippen LogP contribution in [0.25, 0.3) is 0 Å². The van der Waals surface area contributed by atoms with Crippen LogP contribution in [0.4, 0.5) is 10.1 Å². The number of anilines is 1. The van der Waals surface area contributed by atoms with E-state index in [1.165, 1.54) is 6.07 Å². The van der Waals surface area contributed by atoms with Gasteiger partial charge in [-0.05, 0) is 31.3 Å². The molecule has 0 spiro atoms. The van der Waals surface area contributed by atoms with Crippen LogP contribution >= 0.6 is 11.8 Å². The molecular weight excluding hydrogens is 223 g/mol. The minimum absolute atomic E-state index is 0.216. The first-order chi connectivity index (χ1) is 7.67. The Labute approximate surface area is 101 Å². The molecule has 0 unspecified atom stereocenters. The average molecular weight is 242 g/mol. The SMILES string of the molecule is CCN(CC)CCSc1ccc(N)c(F)c1. The number of nitrogens with two attached hydrogens (primary N) is 1. The van der Waals surface area contributed by atoms with E-state index in [1.807, 2.05) is 6.07 Å². The lowest BCUT2D eigenvalue weighted by atomic mass is 10.3. The molecule has 2 nitrogen and oxygen atoms in total. The third-order valence-electron chi connectivity index (χ3n) is 2.54. The van der Waals surface area contributed by atoms with Gasteiger partial charge in [-0.25, -0.2) is 4.39 Å². The molecule has 0 aliphatic heterocycles. The van der Waals surface area contributed by atoms with E-state index in [4.69, 9.17) is 5.73 Å². The molecule has 0 amide bonds. The number of hydrogen-bond acceptors (Lipinski definition) is 3. The number of rotatable bonds is 6. The molecule has 0 saturated carbocycles. The summed E-state index contributed by atoms with van der Waals surface area (Å²) in [6.07, 6.45) is 0. The van der Waals surface area contributed by atoms with Crippen molar-refractivity contribution in [3.63, 3.8) is 0 Å². The van der Waals surface area contributed by atoms with Gasteiger partial charge < -0.3 is 10.6 Å². The molecule has 0 aliphatic carbocycles. The van der Waals surface area contributed by atoms with Gasteiger partial charge in [0.25, 0.3) is 0 Å². The predicted molar refractivity (Wildman–Crippen MR) is 69.3 cm³/mol. The number of nitrogens with zero attached hydrogens (tertiary/aromatic N) is 1. The number of benzene rings is 1. The number of thioether (sulfide) groups is 1. The standard InChI is InChI=1S/C12H19FN2S/c1-3-15(4-2)7-8-16-10-5-6-12(14)11(13)9-10/h5-6,9H,3-4,7-8,14H2,1-2H3. The number of hydrogen-bond donors (Lipinski definition) is 1. The minimum atomic E-state index is -0.326. The van der Waals surface area contributed by atoms with Crippen molar-refractivity contribution in [2.45, 2.75) is 18.7 Å². The Kier molecular flexibility index (Phi) is 5.63. The zero-order valence-corrected chi connectivity index (χ0v) is 10.7. The summed E-state index contributed by atoms with van der Waals surface area (Å²) in [5, 5.41) is 0. The first-order valence-electron chi connectivity index (χ1n) is 5.57. The van der Waals surface area contributed by atoms with E-state index >= 15 is 0 Å². The van der Waals surface area contributed by atoms with Crippen LogP contribution in [-0.2, 0) is 0 Å². The van der Waals surface area contributed by atoms with Gasteiger partial charge in [-0.3, -0.25) is 0 Å². The lowest BCUT2D eigenvalue weighted by molar-refractivity contribution is 0.324. The third kappa shape index (κ3) is 4.02. The van der Waals surface area contributed by atoms with Gasteiger partial charge in [0, 0.05) is 17.2 Å². The van der Waals surface area contributed by atoms with Crippen molar-refractivity contribution in [3.8, 4) is 0 Å². The highest BCUT2D eigenvalue weighted by Gasteiger charge is 2.02. The fourth-order valence-corrected chi connectivity index (χ4v) is 2.37. The average Bonchev–Trinajstić information content (AvgIpc) is 2.29. The largest absolute Gasteiger partial charge is 0.396 e. The maximum absolute atomic E-state index is 13.1. The second kappa shape index (κ2) is 6.76. The molecule has 0 saturated heterocycles. The molecule has 0 aliphatic rings. The number of halogens is 1. The summed E-state index contributed by atoms with van der Waals surface area (Å²) in [6, 6.07) is 4.99. The van der Waals surface area contributed by atoms with Gasteiger partial charge >= 0.3 is 0 Å². The molecule has 0 aromatic heterocycles. The molecular formula is C12H19FN2S. The fraction of sp³-hybridized carbons (Fsp3) is 0.500. The molecule has 0 bridgehead atoms. The predicted octanol–water partition coefficient (Wildman–Crippen LogP) is 2.84. The fourth-order valence-electron chi connectivity index (χ4n) is 1.43. The highest BCUT2D eigenvalue weighted by atomic mass is 32.2. The molecule has 16 heavy (non-hydrogen) atoms. The van der Waals surface area contributed by atoms with Crippen LogP contribution in [0.2, 0.25) is 0 Å². The van der Waals surface area contributed by atoms with E-state index < -0.39 is 0 Å². The summed E-state index contributed by atoms with van der Waals surface area (Å²) in [4.78, 5) is 3.29. The second-order valence-corrected chi connectivity index (χ2v) is 4.73. The van der Waals surface area contributed by atoms with Gasteiger partial charge in [-0.15, -0.1) is 11.8 Å². The molecule has 90 valence electrons. The molecule has 0 fully saturated rings. The Bertz CT molecular complexity index is 327. The van der Waals surface area contributed by atoms with Gasteiger partial charge in [0.15, 0.2) is 0 Å². The Balaban J connectivity index is 2.40. The van der Waals surface area contributed by atoms with Gasteiger partial charge in [0.1, 0.15) is 5.82 Å². The summed E-state index contributed by atoms with van der Waals surface area (Å²) >= 11 is 1.67. The van der Waals surface area contributed by atoms with Crippen LogP contribution in [-0.4, -0.2) is 30.3 Å². The van der Waals surface area contributed by atoms with Crippen molar-refractivity contribution in [1.29, 1.82) is 0 Å². The molecule has 1 aromatic rings. The summed E-state index contributed by atoms with van der Waals surface area (Å²) in [6.45, 7) is 7.46. The molecule has 1 rings (SSSR count). The first kappa shape index (κ1) is 13.3.